The minimum absolute atomic E-state index is 0.0962. The molecule has 2 amide bonds. The van der Waals surface area contributed by atoms with E-state index in [1.807, 2.05) is 0 Å². The van der Waals surface area contributed by atoms with Gasteiger partial charge < -0.3 is 10.1 Å². The number of nitrogens with zero attached hydrogens (tertiary/aromatic N) is 3. The molecule has 0 unspecified atom stereocenters. The molecule has 0 spiro atoms. The van der Waals surface area contributed by atoms with Crippen molar-refractivity contribution >= 4 is 39.2 Å². The van der Waals surface area contributed by atoms with E-state index in [0.717, 1.165) is 10.2 Å². The highest BCUT2D eigenvalue weighted by molar-refractivity contribution is 9.10. The van der Waals surface area contributed by atoms with Crippen LogP contribution >= 0.6 is 15.9 Å². The molecule has 1 aliphatic rings. The summed E-state index contributed by atoms with van der Waals surface area (Å²) in [5.74, 6) is 0.275. The van der Waals surface area contributed by atoms with E-state index in [0.29, 0.717) is 17.3 Å². The lowest BCUT2D eigenvalue weighted by Gasteiger charge is -2.28. The van der Waals surface area contributed by atoms with Crippen molar-refractivity contribution in [1.29, 1.82) is 0 Å². The van der Waals surface area contributed by atoms with E-state index in [1.54, 1.807) is 31.3 Å². The Bertz CT molecular complexity index is 764. The van der Waals surface area contributed by atoms with E-state index < -0.39 is 0 Å². The molecule has 1 aromatic carbocycles. The summed E-state index contributed by atoms with van der Waals surface area (Å²) in [6, 6.07) is 5.28. The topological polar surface area (TPSA) is 84.4 Å². The summed E-state index contributed by atoms with van der Waals surface area (Å²) >= 11 is 3.35. The SMILES string of the molecule is Cc1cnc(NC(=O)CN2C(=O)COc3cc(Br)ccc32)cn1. The molecule has 2 aromatic rings. The maximum absolute atomic E-state index is 12.2. The number of carbonyl (C=O) groups excluding carboxylic acids is 2. The smallest absolute Gasteiger partial charge is 0.265 e. The van der Waals surface area contributed by atoms with Gasteiger partial charge in [-0.15, -0.1) is 0 Å². The normalized spacial score (nSPS) is 13.3. The minimum Gasteiger partial charge on any atom is -0.482 e. The first-order valence-corrected chi connectivity index (χ1v) is 7.63. The van der Waals surface area contributed by atoms with Gasteiger partial charge in [0.05, 0.1) is 23.8 Å². The molecule has 0 atom stereocenters. The Labute approximate surface area is 140 Å². The van der Waals surface area contributed by atoms with E-state index in [9.17, 15) is 9.59 Å². The van der Waals surface area contributed by atoms with Gasteiger partial charge in [-0.05, 0) is 25.1 Å². The molecule has 3 rings (SSSR count). The molecular formula is C15H13BrN4O3. The zero-order chi connectivity index (χ0) is 16.4. The standard InChI is InChI=1S/C15H13BrN4O3/c1-9-5-18-13(6-17-9)19-14(21)7-20-11-3-2-10(16)4-12(11)23-8-15(20)22/h2-6H,7-8H2,1H3,(H,18,19,21). The zero-order valence-electron chi connectivity index (χ0n) is 12.2. The predicted octanol–water partition coefficient (Wildman–Crippen LogP) is 1.91. The number of amides is 2. The average Bonchev–Trinajstić information content (AvgIpc) is 2.52. The molecule has 0 fully saturated rings. The van der Waals surface area contributed by atoms with Gasteiger partial charge in [0.15, 0.2) is 12.4 Å². The van der Waals surface area contributed by atoms with Gasteiger partial charge in [0.2, 0.25) is 5.91 Å². The van der Waals surface area contributed by atoms with Crippen molar-refractivity contribution in [2.45, 2.75) is 6.92 Å². The number of ether oxygens (including phenoxy) is 1. The van der Waals surface area contributed by atoms with Crippen LogP contribution in [0.4, 0.5) is 11.5 Å². The number of aryl methyl sites for hydroxylation is 1. The number of rotatable bonds is 3. The van der Waals surface area contributed by atoms with Crippen molar-refractivity contribution in [3.05, 3.63) is 40.8 Å². The molecule has 0 saturated carbocycles. The Morgan fingerprint density at radius 1 is 1.39 bits per heavy atom. The van der Waals surface area contributed by atoms with E-state index in [1.165, 1.54) is 11.1 Å². The number of halogens is 1. The lowest BCUT2D eigenvalue weighted by molar-refractivity contribution is -0.123. The predicted molar refractivity (Wildman–Crippen MR) is 87.4 cm³/mol. The Hall–Kier alpha value is -2.48. The third-order valence-corrected chi connectivity index (χ3v) is 3.71. The van der Waals surface area contributed by atoms with Gasteiger partial charge in [-0.25, -0.2) is 4.98 Å². The molecule has 0 saturated heterocycles. The summed E-state index contributed by atoms with van der Waals surface area (Å²) in [5, 5.41) is 2.62. The molecule has 2 heterocycles. The Balaban J connectivity index is 1.75. The Morgan fingerprint density at radius 3 is 2.96 bits per heavy atom. The first-order valence-electron chi connectivity index (χ1n) is 6.84. The molecule has 1 aliphatic heterocycles. The van der Waals surface area contributed by atoms with Crippen LogP contribution in [0.2, 0.25) is 0 Å². The minimum atomic E-state index is -0.354. The summed E-state index contributed by atoms with van der Waals surface area (Å²) in [6.45, 7) is 1.59. The third-order valence-electron chi connectivity index (χ3n) is 3.22. The maximum Gasteiger partial charge on any atom is 0.265 e. The summed E-state index contributed by atoms with van der Waals surface area (Å²) in [6.07, 6.45) is 3.03. The van der Waals surface area contributed by atoms with Crippen molar-refractivity contribution in [3.63, 3.8) is 0 Å². The van der Waals surface area contributed by atoms with Crippen LogP contribution in [0.1, 0.15) is 5.69 Å². The summed E-state index contributed by atoms with van der Waals surface area (Å²) < 4.78 is 6.22. The number of carbonyl (C=O) groups is 2. The van der Waals surface area contributed by atoms with Gasteiger partial charge in [0.25, 0.3) is 5.91 Å². The largest absolute Gasteiger partial charge is 0.482 e. The molecule has 118 valence electrons. The van der Waals surface area contributed by atoms with Gasteiger partial charge in [-0.2, -0.15) is 0 Å². The van der Waals surface area contributed by atoms with Gasteiger partial charge in [0.1, 0.15) is 12.3 Å². The third kappa shape index (κ3) is 3.48. The second kappa shape index (κ2) is 6.33. The van der Waals surface area contributed by atoms with E-state index in [4.69, 9.17) is 4.74 Å². The van der Waals surface area contributed by atoms with Crippen LogP contribution in [0.15, 0.2) is 35.1 Å². The second-order valence-electron chi connectivity index (χ2n) is 4.97. The fourth-order valence-corrected chi connectivity index (χ4v) is 2.47. The number of anilines is 2. The highest BCUT2D eigenvalue weighted by Crippen LogP contribution is 2.34. The van der Waals surface area contributed by atoms with Crippen molar-refractivity contribution < 1.29 is 14.3 Å². The maximum atomic E-state index is 12.2. The van der Waals surface area contributed by atoms with Gasteiger partial charge >= 0.3 is 0 Å². The molecule has 8 heteroatoms. The van der Waals surface area contributed by atoms with E-state index >= 15 is 0 Å². The van der Waals surface area contributed by atoms with Crippen LogP contribution < -0.4 is 15.0 Å². The zero-order valence-corrected chi connectivity index (χ0v) is 13.8. The van der Waals surface area contributed by atoms with Crippen LogP contribution in [0.5, 0.6) is 5.75 Å². The van der Waals surface area contributed by atoms with Crippen molar-refractivity contribution in [3.8, 4) is 5.75 Å². The van der Waals surface area contributed by atoms with Crippen LogP contribution in [0.25, 0.3) is 0 Å². The fourth-order valence-electron chi connectivity index (χ4n) is 2.13. The fraction of sp³-hybridized carbons (Fsp3) is 0.200. The Kier molecular flexibility index (Phi) is 4.24. The average molecular weight is 377 g/mol. The van der Waals surface area contributed by atoms with Gasteiger partial charge in [0, 0.05) is 4.47 Å². The van der Waals surface area contributed by atoms with Gasteiger partial charge in [-0.3, -0.25) is 19.5 Å². The number of fused-ring (bicyclic) bond motifs is 1. The highest BCUT2D eigenvalue weighted by Gasteiger charge is 2.27. The number of aromatic nitrogens is 2. The van der Waals surface area contributed by atoms with Crippen molar-refractivity contribution in [2.75, 3.05) is 23.4 Å². The van der Waals surface area contributed by atoms with Crippen molar-refractivity contribution in [2.24, 2.45) is 0 Å². The second-order valence-corrected chi connectivity index (χ2v) is 5.89. The van der Waals surface area contributed by atoms with Crippen LogP contribution in [-0.2, 0) is 9.59 Å². The number of benzene rings is 1. The molecule has 7 nitrogen and oxygen atoms in total. The van der Waals surface area contributed by atoms with Crippen LogP contribution in [0.3, 0.4) is 0 Å². The molecule has 0 aliphatic carbocycles. The quantitative estimate of drug-likeness (QED) is 0.884. The van der Waals surface area contributed by atoms with Crippen LogP contribution in [-0.4, -0.2) is 34.9 Å². The number of hydrogen-bond acceptors (Lipinski definition) is 5. The van der Waals surface area contributed by atoms with Crippen molar-refractivity contribution in [1.82, 2.24) is 9.97 Å². The first kappa shape index (κ1) is 15.4. The monoisotopic (exact) mass is 376 g/mol. The van der Waals surface area contributed by atoms with E-state index in [2.05, 4.69) is 31.2 Å². The summed E-state index contributed by atoms with van der Waals surface area (Å²) in [4.78, 5) is 33.7. The molecule has 1 aromatic heterocycles. The molecular weight excluding hydrogens is 364 g/mol. The first-order chi connectivity index (χ1) is 11.0. The molecule has 1 N–H and O–H groups in total. The lowest BCUT2D eigenvalue weighted by Crippen LogP contribution is -2.43. The van der Waals surface area contributed by atoms with E-state index in [-0.39, 0.29) is 25.0 Å². The Morgan fingerprint density at radius 2 is 2.22 bits per heavy atom. The number of hydrogen-bond donors (Lipinski definition) is 1. The molecule has 0 radical (unpaired) electrons. The van der Waals surface area contributed by atoms with Gasteiger partial charge in [-0.1, -0.05) is 15.9 Å². The van der Waals surface area contributed by atoms with Crippen LogP contribution in [0, 0.1) is 6.92 Å². The molecule has 23 heavy (non-hydrogen) atoms. The highest BCUT2D eigenvalue weighted by atomic mass is 79.9. The number of nitrogens with one attached hydrogen (secondary N) is 1. The molecule has 0 bridgehead atoms. The lowest BCUT2D eigenvalue weighted by atomic mass is 10.2. The summed E-state index contributed by atoms with van der Waals surface area (Å²) in [5.41, 5.74) is 1.32. The summed E-state index contributed by atoms with van der Waals surface area (Å²) in [7, 11) is 0.